The lowest BCUT2D eigenvalue weighted by atomic mass is 10.2. The lowest BCUT2D eigenvalue weighted by Gasteiger charge is -2.34. The zero-order valence-electron chi connectivity index (χ0n) is 11.1. The maximum absolute atomic E-state index is 12.4. The lowest BCUT2D eigenvalue weighted by molar-refractivity contribution is -0.137. The predicted molar refractivity (Wildman–Crippen MR) is 70.1 cm³/mol. The molecule has 0 bridgehead atoms. The Morgan fingerprint density at radius 1 is 1.26 bits per heavy atom. The van der Waals surface area contributed by atoms with Crippen molar-refractivity contribution in [2.45, 2.75) is 13.5 Å². The molecule has 0 spiro atoms. The van der Waals surface area contributed by atoms with E-state index in [1.54, 1.807) is 23.2 Å². The van der Waals surface area contributed by atoms with Gasteiger partial charge in [-0.3, -0.25) is 9.59 Å². The normalized spacial score (nSPS) is 16.6. The maximum atomic E-state index is 12.4. The van der Waals surface area contributed by atoms with E-state index in [-0.39, 0.29) is 12.5 Å². The Morgan fingerprint density at radius 3 is 2.53 bits per heavy atom. The van der Waals surface area contributed by atoms with Gasteiger partial charge in [0, 0.05) is 32.4 Å². The van der Waals surface area contributed by atoms with Gasteiger partial charge in [0.2, 0.25) is 0 Å². The van der Waals surface area contributed by atoms with Gasteiger partial charge in [-0.2, -0.15) is 0 Å². The van der Waals surface area contributed by atoms with E-state index in [0.717, 1.165) is 19.6 Å². The second-order valence-corrected chi connectivity index (χ2v) is 4.64. The molecule has 1 saturated heterocycles. The van der Waals surface area contributed by atoms with E-state index >= 15 is 0 Å². The number of carbonyl (C=O) groups is 2. The second-order valence-electron chi connectivity index (χ2n) is 4.64. The van der Waals surface area contributed by atoms with Crippen LogP contribution in [-0.2, 0) is 11.3 Å². The molecule has 6 heteroatoms. The van der Waals surface area contributed by atoms with E-state index in [2.05, 4.69) is 11.8 Å². The minimum absolute atomic E-state index is 0.0815. The average molecular weight is 265 g/mol. The molecule has 104 valence electrons. The zero-order chi connectivity index (χ0) is 13.8. The Hall–Kier alpha value is -1.82. The summed E-state index contributed by atoms with van der Waals surface area (Å²) >= 11 is 0. The van der Waals surface area contributed by atoms with Crippen LogP contribution in [0.3, 0.4) is 0 Å². The number of piperazine rings is 1. The van der Waals surface area contributed by atoms with Gasteiger partial charge in [0.25, 0.3) is 5.91 Å². The highest BCUT2D eigenvalue weighted by Gasteiger charge is 2.23. The first-order chi connectivity index (χ1) is 9.11. The smallest absolute Gasteiger partial charge is 0.323 e. The average Bonchev–Trinajstić information content (AvgIpc) is 2.85. The van der Waals surface area contributed by atoms with Gasteiger partial charge >= 0.3 is 5.97 Å². The number of likely N-dealkylation sites (N-methyl/N-ethyl adjacent to an activating group) is 1. The quantitative estimate of drug-likeness (QED) is 0.853. The molecule has 1 amide bonds. The van der Waals surface area contributed by atoms with Gasteiger partial charge in [-0.1, -0.05) is 6.92 Å². The highest BCUT2D eigenvalue weighted by Crippen LogP contribution is 2.10. The van der Waals surface area contributed by atoms with Crippen LogP contribution in [0.1, 0.15) is 17.4 Å². The van der Waals surface area contributed by atoms with Crippen molar-refractivity contribution in [3.8, 4) is 0 Å². The summed E-state index contributed by atoms with van der Waals surface area (Å²) in [6.07, 6.45) is 1.63. The largest absolute Gasteiger partial charge is 0.480 e. The van der Waals surface area contributed by atoms with Gasteiger partial charge in [0.05, 0.1) is 0 Å². The van der Waals surface area contributed by atoms with E-state index < -0.39 is 5.97 Å². The number of nitrogens with zero attached hydrogens (tertiary/aromatic N) is 3. The summed E-state index contributed by atoms with van der Waals surface area (Å²) in [5, 5.41) is 8.82. The standard InChI is InChI=1S/C13H19N3O3/c1-2-14-6-8-15(9-7-14)13(19)11-4-3-5-16(11)10-12(17)18/h3-5H,2,6-10H2,1H3,(H,17,18). The molecule has 0 radical (unpaired) electrons. The van der Waals surface area contributed by atoms with Crippen LogP contribution >= 0.6 is 0 Å². The van der Waals surface area contributed by atoms with E-state index in [4.69, 9.17) is 5.11 Å². The third-order valence-electron chi connectivity index (χ3n) is 3.46. The number of aliphatic carboxylic acids is 1. The first-order valence-electron chi connectivity index (χ1n) is 6.50. The Morgan fingerprint density at radius 2 is 1.95 bits per heavy atom. The van der Waals surface area contributed by atoms with Crippen molar-refractivity contribution in [2.24, 2.45) is 0 Å². The van der Waals surface area contributed by atoms with Gasteiger partial charge in [0.1, 0.15) is 12.2 Å². The van der Waals surface area contributed by atoms with Crippen LogP contribution in [-0.4, -0.2) is 64.1 Å². The van der Waals surface area contributed by atoms with Crippen LogP contribution in [0.4, 0.5) is 0 Å². The highest BCUT2D eigenvalue weighted by atomic mass is 16.4. The highest BCUT2D eigenvalue weighted by molar-refractivity contribution is 5.93. The Kier molecular flexibility index (Phi) is 4.21. The minimum Gasteiger partial charge on any atom is -0.480 e. The summed E-state index contributed by atoms with van der Waals surface area (Å²) in [5.41, 5.74) is 0.451. The van der Waals surface area contributed by atoms with Crippen molar-refractivity contribution in [2.75, 3.05) is 32.7 Å². The van der Waals surface area contributed by atoms with Crippen molar-refractivity contribution in [1.82, 2.24) is 14.4 Å². The van der Waals surface area contributed by atoms with Crippen molar-refractivity contribution in [1.29, 1.82) is 0 Å². The monoisotopic (exact) mass is 265 g/mol. The van der Waals surface area contributed by atoms with Crippen LogP contribution in [0.2, 0.25) is 0 Å². The first kappa shape index (κ1) is 13.6. The van der Waals surface area contributed by atoms with Crippen LogP contribution in [0.25, 0.3) is 0 Å². The minimum atomic E-state index is -0.943. The number of hydrogen-bond donors (Lipinski definition) is 1. The van der Waals surface area contributed by atoms with Crippen LogP contribution < -0.4 is 0 Å². The molecule has 0 atom stereocenters. The van der Waals surface area contributed by atoms with Crippen molar-refractivity contribution in [3.05, 3.63) is 24.0 Å². The van der Waals surface area contributed by atoms with Crippen molar-refractivity contribution in [3.63, 3.8) is 0 Å². The molecule has 2 rings (SSSR count). The summed E-state index contributed by atoms with van der Waals surface area (Å²) in [6, 6.07) is 3.38. The van der Waals surface area contributed by atoms with Gasteiger partial charge in [-0.05, 0) is 18.7 Å². The molecule has 19 heavy (non-hydrogen) atoms. The third-order valence-corrected chi connectivity index (χ3v) is 3.46. The Balaban J connectivity index is 2.04. The summed E-state index contributed by atoms with van der Waals surface area (Å²) in [5.74, 6) is -1.02. The molecule has 2 heterocycles. The van der Waals surface area contributed by atoms with Gasteiger partial charge in [-0.25, -0.2) is 0 Å². The summed E-state index contributed by atoms with van der Waals surface area (Å²) in [7, 11) is 0. The van der Waals surface area contributed by atoms with Gasteiger partial charge in [0.15, 0.2) is 0 Å². The van der Waals surface area contributed by atoms with Gasteiger partial charge < -0.3 is 19.5 Å². The molecule has 1 aromatic heterocycles. The number of carbonyl (C=O) groups excluding carboxylic acids is 1. The molecule has 0 aliphatic carbocycles. The molecule has 6 nitrogen and oxygen atoms in total. The van der Waals surface area contributed by atoms with E-state index in [9.17, 15) is 9.59 Å². The molecule has 1 aliphatic rings. The molecular weight excluding hydrogens is 246 g/mol. The molecule has 1 N–H and O–H groups in total. The number of amides is 1. The number of rotatable bonds is 4. The SMILES string of the molecule is CCN1CCN(C(=O)c2cccn2CC(=O)O)CC1. The Bertz CT molecular complexity index is 461. The maximum Gasteiger partial charge on any atom is 0.323 e. The summed E-state index contributed by atoms with van der Waals surface area (Å²) < 4.78 is 1.48. The van der Waals surface area contributed by atoms with Crippen molar-refractivity contribution < 1.29 is 14.7 Å². The molecule has 0 saturated carbocycles. The molecule has 0 unspecified atom stereocenters. The number of hydrogen-bond acceptors (Lipinski definition) is 3. The van der Waals surface area contributed by atoms with Crippen LogP contribution in [0.15, 0.2) is 18.3 Å². The Labute approximate surface area is 112 Å². The molecule has 1 aromatic rings. The summed E-state index contributed by atoms with van der Waals surface area (Å²) in [4.78, 5) is 27.2. The van der Waals surface area contributed by atoms with E-state index in [0.29, 0.717) is 18.8 Å². The molecule has 1 aliphatic heterocycles. The first-order valence-corrected chi connectivity index (χ1v) is 6.50. The second kappa shape index (κ2) is 5.88. The molecular formula is C13H19N3O3. The fourth-order valence-electron chi connectivity index (χ4n) is 2.32. The molecule has 0 aromatic carbocycles. The fourth-order valence-corrected chi connectivity index (χ4v) is 2.32. The van der Waals surface area contributed by atoms with Gasteiger partial charge in [-0.15, -0.1) is 0 Å². The number of carboxylic acid groups (broad SMARTS) is 1. The predicted octanol–water partition coefficient (Wildman–Crippen LogP) is 0.350. The number of aromatic nitrogens is 1. The molecule has 1 fully saturated rings. The number of carboxylic acids is 1. The van der Waals surface area contributed by atoms with E-state index in [1.165, 1.54) is 4.57 Å². The van der Waals surface area contributed by atoms with Crippen molar-refractivity contribution >= 4 is 11.9 Å². The van der Waals surface area contributed by atoms with Crippen LogP contribution in [0, 0.1) is 0 Å². The summed E-state index contributed by atoms with van der Waals surface area (Å²) in [6.45, 7) is 6.08. The van der Waals surface area contributed by atoms with Crippen LogP contribution in [0.5, 0.6) is 0 Å². The fraction of sp³-hybridized carbons (Fsp3) is 0.538. The van der Waals surface area contributed by atoms with E-state index in [1.807, 2.05) is 0 Å². The topological polar surface area (TPSA) is 65.8 Å². The zero-order valence-corrected chi connectivity index (χ0v) is 11.1. The third kappa shape index (κ3) is 3.14. The lowest BCUT2D eigenvalue weighted by Crippen LogP contribution is -2.48.